The Balaban J connectivity index is 1.26. The molecule has 2 nitrogen and oxygen atoms in total. The summed E-state index contributed by atoms with van der Waals surface area (Å²) in [6.45, 7) is 2.10. The van der Waals surface area contributed by atoms with Crippen molar-refractivity contribution in [2.24, 2.45) is 23.7 Å². The Morgan fingerprint density at radius 2 is 1.30 bits per heavy atom. The summed E-state index contributed by atoms with van der Waals surface area (Å²) in [7, 11) is 1.36. The van der Waals surface area contributed by atoms with Crippen molar-refractivity contribution in [2.75, 3.05) is 0 Å². The van der Waals surface area contributed by atoms with E-state index >= 15 is 0 Å². The Bertz CT molecular complexity index is 811. The number of aryl methyl sites for hydroxylation is 1. The monoisotopic (exact) mass is 420 g/mol. The van der Waals surface area contributed by atoms with E-state index in [1.165, 1.54) is 65.9 Å². The Labute approximate surface area is 184 Å². The molecule has 2 aromatic rings. The third kappa shape index (κ3) is 5.24. The van der Waals surface area contributed by atoms with Gasteiger partial charge in [0.25, 0.3) is 0 Å². The Hall–Kier alpha value is -1.87. The number of carbonyl (C=O) groups excluding carboxylic acids is 1. The largest absolute Gasteiger partial charge is 0.426 e. The van der Waals surface area contributed by atoms with Crippen molar-refractivity contribution in [3.8, 4) is 16.9 Å². The maximum absolute atomic E-state index is 12.7. The Kier molecular flexibility index (Phi) is 7.09. The zero-order valence-electron chi connectivity index (χ0n) is 18.6. The lowest BCUT2D eigenvalue weighted by Crippen LogP contribution is -2.30. The van der Waals surface area contributed by atoms with Crippen molar-refractivity contribution in [3.63, 3.8) is 0 Å². The quantitative estimate of drug-likeness (QED) is 0.339. The molecule has 0 spiro atoms. The van der Waals surface area contributed by atoms with Crippen LogP contribution in [0.3, 0.4) is 0 Å². The molecule has 2 aromatic carbocycles. The smallest absolute Gasteiger partial charge is 0.314 e. The molecule has 0 aromatic heterocycles. The highest BCUT2D eigenvalue weighted by molar-refractivity contribution is 6.08. The first-order valence-electron chi connectivity index (χ1n) is 12.0. The van der Waals surface area contributed by atoms with E-state index in [2.05, 4.69) is 31.2 Å². The van der Waals surface area contributed by atoms with Gasteiger partial charge < -0.3 is 4.74 Å². The molecule has 0 amide bonds. The molecule has 2 fully saturated rings. The van der Waals surface area contributed by atoms with E-state index in [-0.39, 0.29) is 11.9 Å². The fourth-order valence-electron chi connectivity index (χ4n) is 5.56. The molecule has 160 valence electrons. The standard InChI is InChI=1S/C27H36O2Si/c1-19-2-6-21(7-3-19)24-14-16-26(17-15-24)29-27(28)25-12-10-23(11-13-25)22-8-4-20(18-30)5-9-22/h2-3,6-7,14-17,20,22-23,25H,4-5,8-13,18H2,1,30H3. The lowest BCUT2D eigenvalue weighted by molar-refractivity contribution is -0.140. The van der Waals surface area contributed by atoms with Gasteiger partial charge in [-0.05, 0) is 86.5 Å². The van der Waals surface area contributed by atoms with E-state index in [9.17, 15) is 4.79 Å². The highest BCUT2D eigenvalue weighted by atomic mass is 28.1. The molecule has 3 heteroatoms. The molecule has 2 aliphatic rings. The van der Waals surface area contributed by atoms with Crippen LogP contribution in [0.1, 0.15) is 56.9 Å². The van der Waals surface area contributed by atoms with Crippen LogP contribution in [-0.4, -0.2) is 16.2 Å². The average molecular weight is 421 g/mol. The normalized spacial score (nSPS) is 27.0. The van der Waals surface area contributed by atoms with E-state index in [0.29, 0.717) is 5.75 Å². The zero-order valence-corrected chi connectivity index (χ0v) is 20.6. The second kappa shape index (κ2) is 9.96. The van der Waals surface area contributed by atoms with Gasteiger partial charge in [-0.15, -0.1) is 0 Å². The maximum Gasteiger partial charge on any atom is 0.314 e. The van der Waals surface area contributed by atoms with E-state index < -0.39 is 0 Å². The van der Waals surface area contributed by atoms with Crippen molar-refractivity contribution in [1.29, 1.82) is 0 Å². The lowest BCUT2D eigenvalue weighted by Gasteiger charge is -2.37. The molecule has 0 heterocycles. The van der Waals surface area contributed by atoms with Crippen LogP contribution in [-0.2, 0) is 4.79 Å². The van der Waals surface area contributed by atoms with E-state index in [0.717, 1.165) is 36.2 Å². The highest BCUT2D eigenvalue weighted by Crippen LogP contribution is 2.42. The number of hydrogen-bond acceptors (Lipinski definition) is 2. The Morgan fingerprint density at radius 3 is 1.83 bits per heavy atom. The third-order valence-corrected chi connectivity index (χ3v) is 8.85. The predicted molar refractivity (Wildman–Crippen MR) is 128 cm³/mol. The average Bonchev–Trinajstić information content (AvgIpc) is 2.80. The minimum absolute atomic E-state index is 0.0313. The number of carbonyl (C=O) groups is 1. The molecule has 0 aliphatic heterocycles. The Morgan fingerprint density at radius 1 is 0.800 bits per heavy atom. The molecule has 4 rings (SSSR count). The molecule has 0 atom stereocenters. The number of benzene rings is 2. The summed E-state index contributed by atoms with van der Waals surface area (Å²) in [4.78, 5) is 12.7. The molecule has 2 saturated carbocycles. The van der Waals surface area contributed by atoms with Gasteiger partial charge in [0.05, 0.1) is 5.92 Å². The van der Waals surface area contributed by atoms with Crippen LogP contribution < -0.4 is 4.74 Å². The van der Waals surface area contributed by atoms with Crippen LogP contribution in [0, 0.1) is 30.6 Å². The number of rotatable bonds is 5. The van der Waals surface area contributed by atoms with E-state index in [4.69, 9.17) is 4.74 Å². The van der Waals surface area contributed by atoms with E-state index in [1.54, 1.807) is 0 Å². The summed E-state index contributed by atoms with van der Waals surface area (Å²) >= 11 is 0. The number of hydrogen-bond donors (Lipinski definition) is 0. The molecule has 0 radical (unpaired) electrons. The van der Waals surface area contributed by atoms with Crippen molar-refractivity contribution < 1.29 is 9.53 Å². The van der Waals surface area contributed by atoms with Crippen molar-refractivity contribution in [3.05, 3.63) is 54.1 Å². The van der Waals surface area contributed by atoms with Gasteiger partial charge >= 0.3 is 5.97 Å². The van der Waals surface area contributed by atoms with Crippen LogP contribution in [0.25, 0.3) is 11.1 Å². The zero-order chi connectivity index (χ0) is 20.9. The summed E-state index contributed by atoms with van der Waals surface area (Å²) < 4.78 is 5.74. The fourth-order valence-corrected chi connectivity index (χ4v) is 6.37. The van der Waals surface area contributed by atoms with Gasteiger partial charge in [-0.25, -0.2) is 0 Å². The number of esters is 1. The van der Waals surface area contributed by atoms with Crippen molar-refractivity contribution >= 4 is 16.2 Å². The molecule has 0 unspecified atom stereocenters. The van der Waals surface area contributed by atoms with E-state index in [1.807, 2.05) is 24.3 Å². The van der Waals surface area contributed by atoms with Crippen LogP contribution in [0.4, 0.5) is 0 Å². The van der Waals surface area contributed by atoms with Crippen LogP contribution >= 0.6 is 0 Å². The summed E-state index contributed by atoms with van der Waals surface area (Å²) in [6, 6.07) is 17.9. The van der Waals surface area contributed by atoms with Gasteiger partial charge in [0.2, 0.25) is 0 Å². The molecular weight excluding hydrogens is 384 g/mol. The SMILES string of the molecule is Cc1ccc(-c2ccc(OC(=O)C3CCC(C4CCC(C[SiH3])CC4)CC3)cc2)cc1. The van der Waals surface area contributed by atoms with Gasteiger partial charge in [-0.3, -0.25) is 4.79 Å². The molecule has 0 saturated heterocycles. The van der Waals surface area contributed by atoms with Crippen LogP contribution in [0.5, 0.6) is 5.75 Å². The van der Waals surface area contributed by atoms with Gasteiger partial charge in [0.1, 0.15) is 5.75 Å². The molecule has 0 N–H and O–H groups in total. The molecule has 2 aliphatic carbocycles. The second-order valence-electron chi connectivity index (χ2n) is 9.61. The minimum Gasteiger partial charge on any atom is -0.426 e. The predicted octanol–water partition coefficient (Wildman–Crippen LogP) is 5.96. The molecule has 0 bridgehead atoms. The van der Waals surface area contributed by atoms with Crippen LogP contribution in [0.15, 0.2) is 48.5 Å². The first-order chi connectivity index (χ1) is 14.6. The summed E-state index contributed by atoms with van der Waals surface area (Å²) in [5.74, 6) is 3.50. The van der Waals surface area contributed by atoms with Gasteiger partial charge in [-0.1, -0.05) is 60.8 Å². The topological polar surface area (TPSA) is 26.3 Å². The fraction of sp³-hybridized carbons (Fsp3) is 0.519. The molecular formula is C27H36O2Si. The van der Waals surface area contributed by atoms with Gasteiger partial charge in [0.15, 0.2) is 0 Å². The van der Waals surface area contributed by atoms with Crippen molar-refractivity contribution in [2.45, 2.75) is 64.3 Å². The first kappa shape index (κ1) is 21.4. The lowest BCUT2D eigenvalue weighted by atomic mass is 9.69. The summed E-state index contributed by atoms with van der Waals surface area (Å²) in [6.07, 6.45) is 10.2. The minimum atomic E-state index is -0.0313. The highest BCUT2D eigenvalue weighted by Gasteiger charge is 2.33. The van der Waals surface area contributed by atoms with Crippen molar-refractivity contribution in [1.82, 2.24) is 0 Å². The second-order valence-corrected chi connectivity index (χ2v) is 10.4. The van der Waals surface area contributed by atoms with Gasteiger partial charge in [-0.2, -0.15) is 0 Å². The van der Waals surface area contributed by atoms with Crippen LogP contribution in [0.2, 0.25) is 6.04 Å². The molecule has 30 heavy (non-hydrogen) atoms. The maximum atomic E-state index is 12.7. The third-order valence-electron chi connectivity index (χ3n) is 7.70. The first-order valence-corrected chi connectivity index (χ1v) is 13.4. The van der Waals surface area contributed by atoms with Gasteiger partial charge in [0, 0.05) is 10.2 Å². The number of ether oxygens (including phenoxy) is 1. The summed E-state index contributed by atoms with van der Waals surface area (Å²) in [5, 5.41) is 0. The summed E-state index contributed by atoms with van der Waals surface area (Å²) in [5.41, 5.74) is 3.59.